The van der Waals surface area contributed by atoms with Gasteiger partial charge in [-0.3, -0.25) is 34.2 Å². The molecule has 3 atom stereocenters. The van der Waals surface area contributed by atoms with Crippen molar-refractivity contribution in [2.45, 2.75) is 102 Å². The van der Waals surface area contributed by atoms with Crippen molar-refractivity contribution in [2.75, 3.05) is 11.9 Å². The number of ether oxygens (including phenoxy) is 5. The number of hydrogen-bond acceptors (Lipinski definition) is 19. The van der Waals surface area contributed by atoms with Gasteiger partial charge in [-0.05, 0) is 55.4 Å². The van der Waals surface area contributed by atoms with E-state index >= 15 is 0 Å². The van der Waals surface area contributed by atoms with Crippen LogP contribution in [0.4, 0.5) is 9.93 Å². The Morgan fingerprint density at radius 1 is 0.843 bits per heavy atom. The zero-order valence-corrected chi connectivity index (χ0v) is 39.5. The van der Waals surface area contributed by atoms with Crippen LogP contribution in [0.3, 0.4) is 0 Å². The Morgan fingerprint density at radius 3 is 2.07 bits per heavy atom. The number of benzene rings is 2. The maximum atomic E-state index is 14.1. The number of aromatic nitrogens is 2. The standard InChI is InChI=1S/C46H45N7O16S/c1-42(2,3)67-39(61)44(7,8)69-51-31(27-22-70-40(48-27)50-41(62)68-43(4,5)6)32(54)47-26-21-63-53(35(26)56)45(38(59)60)20-28(37(58)66-45)52-34(55)25-19-29-33(49-30(25)36(52)57)65-46(64-29,23-15-11-9-12-16-23)24-17-13-10-14-18-24/h9-19,22,26,28H,20-21H2,1-8H3,(H,47,54)(H,59,60)(H,48,50,62)/b51-31-/t26-,28-,45?/m0/s1. The maximum Gasteiger partial charge on any atom is 0.413 e. The third-order valence-corrected chi connectivity index (χ3v) is 11.4. The van der Waals surface area contributed by atoms with Crippen LogP contribution in [-0.2, 0) is 53.6 Å². The molecular weight excluding hydrogens is 939 g/mol. The number of thiazole rings is 1. The van der Waals surface area contributed by atoms with E-state index in [2.05, 4.69) is 25.8 Å². The number of nitrogens with zero attached hydrogens (tertiary/aromatic N) is 5. The molecule has 0 radical (unpaired) electrons. The highest BCUT2D eigenvalue weighted by Crippen LogP contribution is 2.49. The molecule has 2 aromatic heterocycles. The molecule has 1 unspecified atom stereocenters. The fourth-order valence-electron chi connectivity index (χ4n) is 7.43. The first-order valence-corrected chi connectivity index (χ1v) is 22.3. The minimum atomic E-state index is -2.96. The number of pyridine rings is 1. The van der Waals surface area contributed by atoms with E-state index in [0.717, 1.165) is 11.3 Å². The number of carbonyl (C=O) groups is 8. The number of aliphatic carboxylic acids is 1. The first kappa shape index (κ1) is 48.5. The van der Waals surface area contributed by atoms with Gasteiger partial charge in [0.15, 0.2) is 16.6 Å². The van der Waals surface area contributed by atoms with Crippen molar-refractivity contribution in [1.29, 1.82) is 0 Å². The van der Waals surface area contributed by atoms with Crippen molar-refractivity contribution < 1.29 is 76.8 Å². The van der Waals surface area contributed by atoms with Gasteiger partial charge in [-0.1, -0.05) is 65.8 Å². The minimum Gasteiger partial charge on any atom is -0.477 e. The molecule has 0 saturated carbocycles. The van der Waals surface area contributed by atoms with Gasteiger partial charge in [-0.2, -0.15) is 5.06 Å². The number of nitrogens with one attached hydrogen (secondary N) is 2. The van der Waals surface area contributed by atoms with Gasteiger partial charge in [0.05, 0.1) is 12.0 Å². The van der Waals surface area contributed by atoms with Crippen LogP contribution < -0.4 is 20.1 Å². The van der Waals surface area contributed by atoms with Gasteiger partial charge in [0, 0.05) is 22.6 Å². The number of carbonyl (C=O) groups excluding carboxylic acids is 7. The highest BCUT2D eigenvalue weighted by molar-refractivity contribution is 7.14. The monoisotopic (exact) mass is 983 g/mol. The average Bonchev–Trinajstić information content (AvgIpc) is 4.10. The Labute approximate surface area is 401 Å². The quantitative estimate of drug-likeness (QED) is 0.0593. The predicted octanol–water partition coefficient (Wildman–Crippen LogP) is 4.05. The maximum absolute atomic E-state index is 14.1. The van der Waals surface area contributed by atoms with E-state index in [1.165, 1.54) is 25.3 Å². The fourth-order valence-corrected chi connectivity index (χ4v) is 8.11. The van der Waals surface area contributed by atoms with E-state index in [0.29, 0.717) is 16.0 Å². The van der Waals surface area contributed by atoms with Crippen LogP contribution >= 0.6 is 11.3 Å². The van der Waals surface area contributed by atoms with E-state index in [-0.39, 0.29) is 33.1 Å². The van der Waals surface area contributed by atoms with Gasteiger partial charge >= 0.3 is 35.5 Å². The Bertz CT molecular complexity index is 2790. The van der Waals surface area contributed by atoms with Gasteiger partial charge in [0.25, 0.3) is 29.5 Å². The zero-order chi connectivity index (χ0) is 50.7. The number of fused-ring (bicyclic) bond motifs is 2. The molecule has 70 heavy (non-hydrogen) atoms. The highest BCUT2D eigenvalue weighted by atomic mass is 32.1. The molecule has 2 saturated heterocycles. The number of amides is 5. The third kappa shape index (κ3) is 9.04. The van der Waals surface area contributed by atoms with Gasteiger partial charge in [0.1, 0.15) is 41.3 Å². The molecule has 4 aliphatic heterocycles. The van der Waals surface area contributed by atoms with Crippen LogP contribution in [0.25, 0.3) is 0 Å². The van der Waals surface area contributed by atoms with Crippen molar-refractivity contribution in [2.24, 2.45) is 5.16 Å². The lowest BCUT2D eigenvalue weighted by atomic mass is 9.97. The summed E-state index contributed by atoms with van der Waals surface area (Å²) in [4.78, 5) is 128. The molecule has 23 nitrogen and oxygen atoms in total. The highest BCUT2D eigenvalue weighted by Gasteiger charge is 2.65. The summed E-state index contributed by atoms with van der Waals surface area (Å²) in [7, 11) is 0. The van der Waals surface area contributed by atoms with Gasteiger partial charge in [-0.25, -0.2) is 29.1 Å². The third-order valence-electron chi connectivity index (χ3n) is 10.6. The predicted molar refractivity (Wildman–Crippen MR) is 239 cm³/mol. The number of imide groups is 1. The lowest BCUT2D eigenvalue weighted by molar-refractivity contribution is -0.256. The summed E-state index contributed by atoms with van der Waals surface area (Å²) in [5.74, 6) is -10.4. The van der Waals surface area contributed by atoms with Crippen LogP contribution in [-0.4, -0.2) is 120 Å². The molecule has 4 aliphatic rings. The first-order valence-electron chi connectivity index (χ1n) is 21.4. The summed E-state index contributed by atoms with van der Waals surface area (Å²) in [5.41, 5.74) is -6.95. The molecule has 6 heterocycles. The topological polar surface area (TPSA) is 290 Å². The van der Waals surface area contributed by atoms with Crippen LogP contribution in [0.2, 0.25) is 0 Å². The van der Waals surface area contributed by atoms with Gasteiger partial charge in [0.2, 0.25) is 5.60 Å². The van der Waals surface area contributed by atoms with Gasteiger partial charge < -0.3 is 38.9 Å². The molecule has 0 spiro atoms. The van der Waals surface area contributed by atoms with E-state index in [1.807, 2.05) is 0 Å². The Kier molecular flexibility index (Phi) is 12.1. The Morgan fingerprint density at radius 2 is 1.47 bits per heavy atom. The van der Waals surface area contributed by atoms with Crippen LogP contribution in [0, 0.1) is 0 Å². The molecule has 2 fully saturated rings. The second-order valence-electron chi connectivity index (χ2n) is 18.6. The number of rotatable bonds is 12. The van der Waals surface area contributed by atoms with E-state index in [4.69, 9.17) is 33.4 Å². The number of anilines is 1. The number of oxime groups is 1. The molecular formula is C46H45N7O16S. The van der Waals surface area contributed by atoms with Crippen molar-refractivity contribution in [3.8, 4) is 11.6 Å². The molecule has 366 valence electrons. The van der Waals surface area contributed by atoms with Crippen LogP contribution in [0.5, 0.6) is 11.6 Å². The molecule has 24 heteroatoms. The van der Waals surface area contributed by atoms with Crippen molar-refractivity contribution >= 4 is 69.8 Å². The normalized spacial score (nSPS) is 20.8. The molecule has 0 bridgehead atoms. The number of cyclic esters (lactones) is 1. The average molecular weight is 984 g/mol. The number of carboxylic acid groups (broad SMARTS) is 1. The van der Waals surface area contributed by atoms with E-state index in [1.54, 1.807) is 102 Å². The smallest absolute Gasteiger partial charge is 0.413 e. The minimum absolute atomic E-state index is 0.00769. The fraction of sp³-hybridized carbons (Fsp3) is 0.370. The molecule has 2 aromatic carbocycles. The summed E-state index contributed by atoms with van der Waals surface area (Å²) in [6.07, 6.45) is -1.88. The molecule has 8 rings (SSSR count). The zero-order valence-electron chi connectivity index (χ0n) is 38.7. The second kappa shape index (κ2) is 17.5. The summed E-state index contributed by atoms with van der Waals surface area (Å²) in [6.45, 7) is 11.7. The SMILES string of the molecule is CC(C)(C)OC(=O)Nc1nc(/C(=N/OC(C)(C)C(=O)OC(C)(C)C)C(=O)N[C@H]2CON(C3(C(=O)O)C[C@H](N4C(=O)c5cc6c(nc5C4=O)OC(c4ccccc4)(c4ccccc4)O6)C(=O)O3)C2=O)cs1. The van der Waals surface area contributed by atoms with Crippen LogP contribution in [0.1, 0.15) is 99.5 Å². The van der Waals surface area contributed by atoms with Gasteiger partial charge in [-0.15, -0.1) is 11.3 Å². The van der Waals surface area contributed by atoms with E-state index in [9.17, 15) is 43.5 Å². The number of hydroxylamine groups is 2. The molecule has 4 aromatic rings. The molecule has 5 amide bonds. The summed E-state index contributed by atoms with van der Waals surface area (Å²) in [6, 6.07) is 15.4. The number of hydrogen-bond donors (Lipinski definition) is 3. The number of esters is 2. The lowest BCUT2D eigenvalue weighted by Crippen LogP contribution is -2.57. The summed E-state index contributed by atoms with van der Waals surface area (Å²) in [5, 5.41) is 20.8. The number of carboxylic acids is 1. The first-order chi connectivity index (χ1) is 32.8. The lowest BCUT2D eigenvalue weighted by Gasteiger charge is -2.30. The summed E-state index contributed by atoms with van der Waals surface area (Å²) >= 11 is 0.858. The largest absolute Gasteiger partial charge is 0.477 e. The van der Waals surface area contributed by atoms with E-state index < -0.39 is 112 Å². The van der Waals surface area contributed by atoms with Crippen LogP contribution in [0.15, 0.2) is 77.3 Å². The van der Waals surface area contributed by atoms with Crippen molar-refractivity contribution in [1.82, 2.24) is 25.2 Å². The van der Waals surface area contributed by atoms with Crippen molar-refractivity contribution in [3.05, 3.63) is 100 Å². The Balaban J connectivity index is 1.01. The summed E-state index contributed by atoms with van der Waals surface area (Å²) < 4.78 is 28.7. The molecule has 0 aliphatic carbocycles. The Hall–Kier alpha value is -7.99. The van der Waals surface area contributed by atoms with Crippen molar-refractivity contribution in [3.63, 3.8) is 0 Å². The molecule has 3 N–H and O–H groups in total. The second-order valence-corrected chi connectivity index (χ2v) is 19.5.